The minimum absolute atomic E-state index is 0.286. The van der Waals surface area contributed by atoms with Crippen LogP contribution in [0.25, 0.3) is 0 Å². The van der Waals surface area contributed by atoms with Gasteiger partial charge in [0, 0.05) is 18.1 Å². The van der Waals surface area contributed by atoms with E-state index in [0.29, 0.717) is 22.7 Å². The lowest BCUT2D eigenvalue weighted by atomic mass is 9.94. The zero-order valence-corrected chi connectivity index (χ0v) is 11.4. The Labute approximate surface area is 111 Å². The summed E-state index contributed by atoms with van der Waals surface area (Å²) in [5.74, 6) is -1.19. The third kappa shape index (κ3) is 3.68. The van der Waals surface area contributed by atoms with Crippen molar-refractivity contribution in [2.45, 2.75) is 27.3 Å². The number of hydrogen-bond donors (Lipinski definition) is 2. The lowest BCUT2D eigenvalue weighted by molar-refractivity contribution is -0.146. The number of nitrogens with one attached hydrogen (secondary N) is 1. The van der Waals surface area contributed by atoms with Crippen molar-refractivity contribution in [1.82, 2.24) is 5.32 Å². The Morgan fingerprint density at radius 1 is 1.50 bits per heavy atom. The van der Waals surface area contributed by atoms with Gasteiger partial charge in [-0.2, -0.15) is 0 Å². The van der Waals surface area contributed by atoms with E-state index in [1.165, 1.54) is 6.07 Å². The zero-order chi connectivity index (χ0) is 13.9. The lowest BCUT2D eigenvalue weighted by Crippen LogP contribution is -2.35. The maximum Gasteiger partial charge on any atom is 0.310 e. The highest BCUT2D eigenvalue weighted by Gasteiger charge is 2.26. The van der Waals surface area contributed by atoms with E-state index in [1.807, 2.05) is 0 Å². The number of aliphatic carboxylic acids is 1. The largest absolute Gasteiger partial charge is 0.481 e. The van der Waals surface area contributed by atoms with Crippen LogP contribution >= 0.6 is 11.6 Å². The minimum atomic E-state index is -0.879. The number of benzene rings is 1. The molecule has 5 heteroatoms. The molecule has 3 nitrogen and oxygen atoms in total. The van der Waals surface area contributed by atoms with E-state index in [4.69, 9.17) is 16.7 Å². The second-order valence-electron chi connectivity index (χ2n) is 4.99. The van der Waals surface area contributed by atoms with Crippen LogP contribution in [-0.2, 0) is 11.3 Å². The van der Waals surface area contributed by atoms with Gasteiger partial charge in [0.05, 0.1) is 5.41 Å². The maximum atomic E-state index is 13.4. The molecule has 0 fully saturated rings. The predicted molar refractivity (Wildman–Crippen MR) is 69.3 cm³/mol. The lowest BCUT2D eigenvalue weighted by Gasteiger charge is -2.19. The van der Waals surface area contributed by atoms with Crippen LogP contribution in [0.15, 0.2) is 12.1 Å². The Morgan fingerprint density at radius 2 is 2.11 bits per heavy atom. The van der Waals surface area contributed by atoms with Crippen molar-refractivity contribution in [3.63, 3.8) is 0 Å². The van der Waals surface area contributed by atoms with Gasteiger partial charge in [0.1, 0.15) is 5.82 Å². The van der Waals surface area contributed by atoms with Gasteiger partial charge < -0.3 is 10.4 Å². The van der Waals surface area contributed by atoms with Gasteiger partial charge in [0.2, 0.25) is 0 Å². The first-order valence-corrected chi connectivity index (χ1v) is 6.00. The summed E-state index contributed by atoms with van der Waals surface area (Å²) in [5.41, 5.74) is 0.256. The average molecular weight is 274 g/mol. The smallest absolute Gasteiger partial charge is 0.310 e. The molecule has 0 amide bonds. The summed E-state index contributed by atoms with van der Waals surface area (Å²) in [4.78, 5) is 10.9. The highest BCUT2D eigenvalue weighted by Crippen LogP contribution is 2.21. The van der Waals surface area contributed by atoms with Crippen molar-refractivity contribution in [1.29, 1.82) is 0 Å². The quantitative estimate of drug-likeness (QED) is 0.867. The molecule has 18 heavy (non-hydrogen) atoms. The molecule has 0 bridgehead atoms. The first-order valence-electron chi connectivity index (χ1n) is 5.62. The fourth-order valence-electron chi connectivity index (χ4n) is 1.41. The number of hydrogen-bond acceptors (Lipinski definition) is 2. The van der Waals surface area contributed by atoms with E-state index in [-0.39, 0.29) is 12.4 Å². The van der Waals surface area contributed by atoms with Crippen molar-refractivity contribution in [2.24, 2.45) is 5.41 Å². The molecule has 0 saturated heterocycles. The van der Waals surface area contributed by atoms with Gasteiger partial charge in [-0.1, -0.05) is 11.6 Å². The van der Waals surface area contributed by atoms with Gasteiger partial charge in [0.25, 0.3) is 0 Å². The fourth-order valence-corrected chi connectivity index (χ4v) is 1.69. The van der Waals surface area contributed by atoms with Crippen molar-refractivity contribution >= 4 is 17.6 Å². The molecule has 2 N–H and O–H groups in total. The zero-order valence-electron chi connectivity index (χ0n) is 10.7. The van der Waals surface area contributed by atoms with Crippen LogP contribution in [-0.4, -0.2) is 17.6 Å². The van der Waals surface area contributed by atoms with Gasteiger partial charge in [0.15, 0.2) is 0 Å². The number of carboxylic acids is 1. The Hall–Kier alpha value is -1.13. The number of aryl methyl sites for hydroxylation is 1. The molecule has 0 unspecified atom stereocenters. The van der Waals surface area contributed by atoms with Crippen LogP contribution < -0.4 is 5.32 Å². The maximum absolute atomic E-state index is 13.4. The minimum Gasteiger partial charge on any atom is -0.481 e. The van der Waals surface area contributed by atoms with Crippen LogP contribution in [0, 0.1) is 18.2 Å². The molecule has 0 heterocycles. The Morgan fingerprint density at radius 3 is 2.67 bits per heavy atom. The fraction of sp³-hybridized carbons (Fsp3) is 0.462. The third-order valence-electron chi connectivity index (χ3n) is 2.79. The normalized spacial score (nSPS) is 11.6. The van der Waals surface area contributed by atoms with Crippen LogP contribution in [0.2, 0.25) is 5.02 Å². The predicted octanol–water partition coefficient (Wildman–Crippen LogP) is 2.99. The van der Waals surface area contributed by atoms with Crippen LogP contribution in [0.1, 0.15) is 25.0 Å². The summed E-state index contributed by atoms with van der Waals surface area (Å²) in [6, 6.07) is 2.94. The highest BCUT2D eigenvalue weighted by molar-refractivity contribution is 6.31. The number of carboxylic acid groups (broad SMARTS) is 1. The molecule has 0 atom stereocenters. The van der Waals surface area contributed by atoms with Crippen molar-refractivity contribution in [3.05, 3.63) is 34.1 Å². The van der Waals surface area contributed by atoms with Crippen LogP contribution in [0.3, 0.4) is 0 Å². The van der Waals surface area contributed by atoms with E-state index in [1.54, 1.807) is 26.8 Å². The van der Waals surface area contributed by atoms with E-state index < -0.39 is 11.4 Å². The van der Waals surface area contributed by atoms with E-state index >= 15 is 0 Å². The van der Waals surface area contributed by atoms with E-state index in [0.717, 1.165) is 0 Å². The summed E-state index contributed by atoms with van der Waals surface area (Å²) in [5, 5.41) is 12.4. The van der Waals surface area contributed by atoms with Crippen molar-refractivity contribution < 1.29 is 14.3 Å². The van der Waals surface area contributed by atoms with Gasteiger partial charge >= 0.3 is 5.97 Å². The first-order chi connectivity index (χ1) is 8.24. The topological polar surface area (TPSA) is 49.3 Å². The molecule has 0 saturated carbocycles. The number of carbonyl (C=O) groups is 1. The Bertz CT molecular complexity index is 461. The SMILES string of the molecule is Cc1cc(Cl)c(CNCC(C)(C)C(=O)O)cc1F. The van der Waals surface area contributed by atoms with Gasteiger partial charge in [-0.25, -0.2) is 4.39 Å². The molecular formula is C13H17ClFNO2. The van der Waals surface area contributed by atoms with E-state index in [9.17, 15) is 9.18 Å². The summed E-state index contributed by atoms with van der Waals surface area (Å²) in [6.45, 7) is 5.52. The van der Waals surface area contributed by atoms with Crippen molar-refractivity contribution in [2.75, 3.05) is 6.54 Å². The number of rotatable bonds is 5. The molecule has 0 aliphatic heterocycles. The molecule has 0 spiro atoms. The molecule has 0 radical (unpaired) electrons. The Balaban J connectivity index is 2.65. The Kier molecular flexibility index (Phi) is 4.71. The molecule has 1 rings (SSSR count). The number of halogens is 2. The van der Waals surface area contributed by atoms with Crippen molar-refractivity contribution in [3.8, 4) is 0 Å². The second kappa shape index (κ2) is 5.67. The molecule has 0 aliphatic carbocycles. The third-order valence-corrected chi connectivity index (χ3v) is 3.14. The molecule has 0 aromatic heterocycles. The second-order valence-corrected chi connectivity index (χ2v) is 5.39. The van der Waals surface area contributed by atoms with Gasteiger partial charge in [-0.15, -0.1) is 0 Å². The van der Waals surface area contributed by atoms with Gasteiger partial charge in [-0.05, 0) is 44.0 Å². The molecule has 0 aliphatic rings. The standard InChI is InChI=1S/C13H17ClFNO2/c1-8-4-10(14)9(5-11(8)15)6-16-7-13(2,3)12(17)18/h4-5,16H,6-7H2,1-3H3,(H,17,18). The van der Waals surface area contributed by atoms with Crippen LogP contribution in [0.4, 0.5) is 4.39 Å². The first kappa shape index (κ1) is 14.9. The highest BCUT2D eigenvalue weighted by atomic mass is 35.5. The van der Waals surface area contributed by atoms with E-state index in [2.05, 4.69) is 5.32 Å². The summed E-state index contributed by atoms with van der Waals surface area (Å²) < 4.78 is 13.4. The average Bonchev–Trinajstić information content (AvgIpc) is 2.25. The van der Waals surface area contributed by atoms with Gasteiger partial charge in [-0.3, -0.25) is 4.79 Å². The molecule has 100 valence electrons. The summed E-state index contributed by atoms with van der Waals surface area (Å²) in [7, 11) is 0. The molecule has 1 aromatic rings. The van der Waals surface area contributed by atoms with Crippen LogP contribution in [0.5, 0.6) is 0 Å². The molecular weight excluding hydrogens is 257 g/mol. The monoisotopic (exact) mass is 273 g/mol. The molecule has 1 aromatic carbocycles. The summed E-state index contributed by atoms with van der Waals surface area (Å²) in [6.07, 6.45) is 0. The summed E-state index contributed by atoms with van der Waals surface area (Å²) >= 11 is 5.99.